The molecule has 7 nitrogen and oxygen atoms in total. The maximum absolute atomic E-state index is 13.6. The van der Waals surface area contributed by atoms with Gasteiger partial charge in [0.25, 0.3) is 5.91 Å². The van der Waals surface area contributed by atoms with E-state index in [0.717, 1.165) is 22.5 Å². The van der Waals surface area contributed by atoms with Crippen molar-refractivity contribution >= 4 is 63.7 Å². The number of benzene rings is 2. The standard InChI is InChI=1S/C25H25Cl2N5O2S/c1-14-6-5-7-18(10-14)32-23(33)12-22(24(32)34)31(13-19-15(2)29-30(4)16(19)3)25(35)28-17-8-9-20(26)21(27)11-17/h5-11,22H,12-13H2,1-4H3,(H,28,35)/t22-/m1/s1. The Labute approximate surface area is 219 Å². The van der Waals surface area contributed by atoms with Crippen LogP contribution in [0.3, 0.4) is 0 Å². The highest BCUT2D eigenvalue weighted by Crippen LogP contribution is 2.30. The molecule has 1 saturated heterocycles. The second kappa shape index (κ2) is 9.97. The van der Waals surface area contributed by atoms with Gasteiger partial charge in [0, 0.05) is 30.5 Å². The largest absolute Gasteiger partial charge is 0.333 e. The van der Waals surface area contributed by atoms with Gasteiger partial charge in [0.15, 0.2) is 5.11 Å². The maximum atomic E-state index is 13.6. The Kier molecular flexibility index (Phi) is 7.17. The van der Waals surface area contributed by atoms with Crippen LogP contribution in [0.4, 0.5) is 11.4 Å². The van der Waals surface area contributed by atoms with Crippen LogP contribution in [0.15, 0.2) is 42.5 Å². The molecule has 1 aliphatic rings. The van der Waals surface area contributed by atoms with Crippen LogP contribution < -0.4 is 10.2 Å². The topological polar surface area (TPSA) is 70.5 Å². The normalized spacial score (nSPS) is 15.6. The molecule has 2 amide bonds. The number of thiocarbonyl (C=S) groups is 1. The van der Waals surface area contributed by atoms with Crippen LogP contribution in [0.5, 0.6) is 0 Å². The lowest BCUT2D eigenvalue weighted by Crippen LogP contribution is -2.47. The summed E-state index contributed by atoms with van der Waals surface area (Å²) in [5, 5.41) is 8.75. The summed E-state index contributed by atoms with van der Waals surface area (Å²) in [6, 6.07) is 11.6. The molecular formula is C25H25Cl2N5O2S. The number of amides is 2. The number of halogens is 2. The van der Waals surface area contributed by atoms with E-state index in [1.807, 2.05) is 46.0 Å². The number of rotatable bonds is 5. The summed E-state index contributed by atoms with van der Waals surface area (Å²) in [6.45, 7) is 6.10. The number of nitrogens with one attached hydrogen (secondary N) is 1. The highest BCUT2D eigenvalue weighted by molar-refractivity contribution is 7.80. The molecule has 10 heteroatoms. The molecule has 0 spiro atoms. The first-order valence-electron chi connectivity index (χ1n) is 11.0. The Balaban J connectivity index is 1.69. The van der Waals surface area contributed by atoms with Crippen molar-refractivity contribution in [1.29, 1.82) is 0 Å². The molecule has 1 fully saturated rings. The van der Waals surface area contributed by atoms with Crippen molar-refractivity contribution in [3.05, 3.63) is 75.0 Å². The molecule has 0 aliphatic carbocycles. The fourth-order valence-corrected chi connectivity index (χ4v) is 4.81. The second-order valence-corrected chi connectivity index (χ2v) is 9.79. The number of carbonyl (C=O) groups excluding carboxylic acids is 2. The summed E-state index contributed by atoms with van der Waals surface area (Å²) < 4.78 is 1.79. The summed E-state index contributed by atoms with van der Waals surface area (Å²) in [5.74, 6) is -0.592. The zero-order valence-electron chi connectivity index (χ0n) is 19.8. The monoisotopic (exact) mass is 529 g/mol. The van der Waals surface area contributed by atoms with Gasteiger partial charge in [-0.05, 0) is 68.9 Å². The Bertz CT molecular complexity index is 1340. The molecule has 0 radical (unpaired) electrons. The number of imide groups is 1. The van der Waals surface area contributed by atoms with Gasteiger partial charge in [0.2, 0.25) is 5.91 Å². The third-order valence-electron chi connectivity index (χ3n) is 6.18. The summed E-state index contributed by atoms with van der Waals surface area (Å²) >= 11 is 18.0. The quantitative estimate of drug-likeness (QED) is 0.362. The van der Waals surface area contributed by atoms with Crippen LogP contribution in [-0.4, -0.2) is 37.6 Å². The summed E-state index contributed by atoms with van der Waals surface area (Å²) in [6.07, 6.45) is 0.00826. The lowest BCUT2D eigenvalue weighted by molar-refractivity contribution is -0.122. The highest BCUT2D eigenvalue weighted by atomic mass is 35.5. The van der Waals surface area contributed by atoms with Crippen molar-refractivity contribution in [1.82, 2.24) is 14.7 Å². The molecular weight excluding hydrogens is 505 g/mol. The fraction of sp³-hybridized carbons (Fsp3) is 0.280. The number of carbonyl (C=O) groups is 2. The van der Waals surface area contributed by atoms with Crippen molar-refractivity contribution in [3.8, 4) is 0 Å². The first-order valence-corrected chi connectivity index (χ1v) is 12.2. The predicted molar refractivity (Wildman–Crippen MR) is 143 cm³/mol. The first-order chi connectivity index (χ1) is 16.6. The zero-order chi connectivity index (χ0) is 25.4. The van der Waals surface area contributed by atoms with Crippen LogP contribution in [0.2, 0.25) is 10.0 Å². The fourth-order valence-electron chi connectivity index (χ4n) is 4.21. The van der Waals surface area contributed by atoms with Gasteiger partial charge in [-0.15, -0.1) is 0 Å². The van der Waals surface area contributed by atoms with E-state index in [4.69, 9.17) is 35.4 Å². The first kappa shape index (κ1) is 25.2. The van der Waals surface area contributed by atoms with E-state index in [9.17, 15) is 9.59 Å². The molecule has 182 valence electrons. The van der Waals surface area contributed by atoms with E-state index in [0.29, 0.717) is 33.1 Å². The molecule has 35 heavy (non-hydrogen) atoms. The van der Waals surface area contributed by atoms with Gasteiger partial charge < -0.3 is 10.2 Å². The van der Waals surface area contributed by atoms with Gasteiger partial charge in [-0.2, -0.15) is 5.10 Å². The van der Waals surface area contributed by atoms with Crippen molar-refractivity contribution in [3.63, 3.8) is 0 Å². The van der Waals surface area contributed by atoms with Crippen LogP contribution in [0.1, 0.15) is 28.9 Å². The number of hydrogen-bond acceptors (Lipinski definition) is 4. The van der Waals surface area contributed by atoms with Crippen molar-refractivity contribution in [2.24, 2.45) is 7.05 Å². The highest BCUT2D eigenvalue weighted by Gasteiger charge is 2.44. The van der Waals surface area contributed by atoms with Gasteiger partial charge in [-0.1, -0.05) is 35.3 Å². The molecule has 0 bridgehead atoms. The third-order valence-corrected chi connectivity index (χ3v) is 7.25. The lowest BCUT2D eigenvalue weighted by atomic mass is 10.1. The summed E-state index contributed by atoms with van der Waals surface area (Å²) in [4.78, 5) is 29.6. The van der Waals surface area contributed by atoms with Crippen molar-refractivity contribution in [2.45, 2.75) is 39.8 Å². The number of aryl methyl sites for hydroxylation is 3. The van der Waals surface area contributed by atoms with E-state index in [-0.39, 0.29) is 18.2 Å². The summed E-state index contributed by atoms with van der Waals surface area (Å²) in [7, 11) is 1.87. The van der Waals surface area contributed by atoms with Gasteiger partial charge in [-0.3, -0.25) is 14.3 Å². The van der Waals surface area contributed by atoms with Gasteiger partial charge in [-0.25, -0.2) is 4.90 Å². The Morgan fingerprint density at radius 2 is 1.89 bits per heavy atom. The minimum atomic E-state index is -0.773. The SMILES string of the molecule is Cc1cccc(N2C(=O)C[C@@H](N(Cc3c(C)nn(C)c3C)C(=S)Nc3ccc(Cl)c(Cl)c3)C2=O)c1. The number of hydrogen-bond donors (Lipinski definition) is 1. The third kappa shape index (κ3) is 5.05. The molecule has 1 aliphatic heterocycles. The maximum Gasteiger partial charge on any atom is 0.257 e. The van der Waals surface area contributed by atoms with Crippen LogP contribution in [0, 0.1) is 20.8 Å². The van der Waals surface area contributed by atoms with E-state index in [1.165, 1.54) is 4.90 Å². The van der Waals surface area contributed by atoms with Crippen molar-refractivity contribution in [2.75, 3.05) is 10.2 Å². The minimum absolute atomic E-state index is 0.00826. The molecule has 0 saturated carbocycles. The molecule has 0 unspecified atom stereocenters. The number of aromatic nitrogens is 2. The Morgan fingerprint density at radius 3 is 2.51 bits per heavy atom. The second-order valence-electron chi connectivity index (χ2n) is 8.59. The molecule has 2 heterocycles. The summed E-state index contributed by atoms with van der Waals surface area (Å²) in [5.41, 5.74) is 4.87. The average Bonchev–Trinajstić information content (AvgIpc) is 3.22. The molecule has 1 atom stereocenters. The predicted octanol–water partition coefficient (Wildman–Crippen LogP) is 5.18. The molecule has 2 aromatic carbocycles. The zero-order valence-corrected chi connectivity index (χ0v) is 22.1. The van der Waals surface area contributed by atoms with Crippen molar-refractivity contribution < 1.29 is 9.59 Å². The number of nitrogens with zero attached hydrogens (tertiary/aromatic N) is 4. The van der Waals surface area contributed by atoms with E-state index in [2.05, 4.69) is 10.4 Å². The van der Waals surface area contributed by atoms with E-state index >= 15 is 0 Å². The smallest absolute Gasteiger partial charge is 0.257 e. The Morgan fingerprint density at radius 1 is 1.14 bits per heavy atom. The Hall–Kier alpha value is -2.94. The average molecular weight is 530 g/mol. The minimum Gasteiger partial charge on any atom is -0.333 e. The van der Waals surface area contributed by atoms with Crippen LogP contribution in [-0.2, 0) is 23.2 Å². The van der Waals surface area contributed by atoms with Gasteiger partial charge in [0.1, 0.15) is 6.04 Å². The molecule has 1 N–H and O–H groups in total. The van der Waals surface area contributed by atoms with Crippen LogP contribution in [0.25, 0.3) is 0 Å². The number of anilines is 2. The lowest BCUT2D eigenvalue weighted by Gasteiger charge is -2.30. The van der Waals surface area contributed by atoms with Gasteiger partial charge >= 0.3 is 0 Å². The molecule has 1 aromatic heterocycles. The molecule has 3 aromatic rings. The van der Waals surface area contributed by atoms with E-state index in [1.54, 1.807) is 33.8 Å². The van der Waals surface area contributed by atoms with Crippen LogP contribution >= 0.6 is 35.4 Å². The van der Waals surface area contributed by atoms with Gasteiger partial charge in [0.05, 0.1) is 27.8 Å². The molecule has 4 rings (SSSR count). The van der Waals surface area contributed by atoms with E-state index < -0.39 is 6.04 Å².